The summed E-state index contributed by atoms with van der Waals surface area (Å²) >= 11 is 0. The molecule has 3 N–H and O–H groups in total. The van der Waals surface area contributed by atoms with Crippen molar-refractivity contribution in [1.82, 2.24) is 10.6 Å². The molecule has 142 valence electrons. The molecule has 5 unspecified atom stereocenters. The highest BCUT2D eigenvalue weighted by Crippen LogP contribution is 2.33. The van der Waals surface area contributed by atoms with E-state index in [0.717, 1.165) is 44.2 Å². The van der Waals surface area contributed by atoms with Gasteiger partial charge in [0.2, 0.25) is 0 Å². The van der Waals surface area contributed by atoms with Gasteiger partial charge in [-0.25, -0.2) is 0 Å². The van der Waals surface area contributed by atoms with E-state index in [-0.39, 0.29) is 17.8 Å². The van der Waals surface area contributed by atoms with Crippen molar-refractivity contribution in [2.45, 2.75) is 97.0 Å². The van der Waals surface area contributed by atoms with Gasteiger partial charge in [0, 0.05) is 16.5 Å². The second-order valence-corrected chi connectivity index (χ2v) is 8.43. The van der Waals surface area contributed by atoms with Crippen molar-refractivity contribution in [1.29, 1.82) is 0 Å². The van der Waals surface area contributed by atoms with Crippen LogP contribution in [0.5, 0.6) is 0 Å². The zero-order valence-electron chi connectivity index (χ0n) is 16.3. The monoisotopic (exact) mass is 349 g/mol. The fraction of sp³-hybridized carbons (Fsp3) is 0.850. The number of aliphatic hydroxyl groups excluding tert-OH is 1. The van der Waals surface area contributed by atoms with Crippen LogP contribution in [-0.2, 0) is 0 Å². The van der Waals surface area contributed by atoms with Gasteiger partial charge in [0.15, 0.2) is 0 Å². The minimum absolute atomic E-state index is 0.241. The molecule has 2 fully saturated rings. The van der Waals surface area contributed by atoms with Crippen LogP contribution in [0, 0.1) is 11.3 Å². The maximum absolute atomic E-state index is 10.8. The third kappa shape index (κ3) is 6.58. The van der Waals surface area contributed by atoms with E-state index in [2.05, 4.69) is 47.9 Å². The highest BCUT2D eigenvalue weighted by atomic mass is 16.3. The van der Waals surface area contributed by atoms with Crippen molar-refractivity contribution in [2.75, 3.05) is 0 Å². The molecule has 25 heavy (non-hydrogen) atoms. The largest absolute Gasteiger partial charge is 0.392 e. The minimum atomic E-state index is -0.355. The fourth-order valence-electron chi connectivity index (χ4n) is 3.84. The molecular weight excluding hydrogens is 312 g/mol. The van der Waals surface area contributed by atoms with Crippen LogP contribution in [0.15, 0.2) is 17.4 Å². The van der Waals surface area contributed by atoms with E-state index in [1.165, 1.54) is 19.3 Å². The van der Waals surface area contributed by atoms with Gasteiger partial charge < -0.3 is 10.4 Å². The number of aliphatic hydroxyl groups is 1. The Hall–Kier alpha value is -1.16. The fourth-order valence-corrected chi connectivity index (χ4v) is 3.84. The Kier molecular flexibility index (Phi) is 7.67. The summed E-state index contributed by atoms with van der Waals surface area (Å²) in [6.45, 7) is 10.6. The van der Waals surface area contributed by atoms with Gasteiger partial charge in [-0.3, -0.25) is 5.32 Å². The van der Waals surface area contributed by atoms with E-state index in [1.54, 1.807) is 0 Å². The molecule has 0 spiro atoms. The summed E-state index contributed by atoms with van der Waals surface area (Å²) in [4.78, 5) is 4.38. The molecule has 1 saturated carbocycles. The lowest BCUT2D eigenvalue weighted by Gasteiger charge is -2.27. The number of nitrogens with zero attached hydrogens (tertiary/aromatic N) is 2. The molecule has 0 aromatic rings. The van der Waals surface area contributed by atoms with Crippen LogP contribution < -0.4 is 10.6 Å². The second kappa shape index (κ2) is 9.51. The minimum Gasteiger partial charge on any atom is -0.392 e. The molecule has 0 amide bonds. The molecule has 0 radical (unpaired) electrons. The highest BCUT2D eigenvalue weighted by Gasteiger charge is 2.37. The first-order valence-corrected chi connectivity index (χ1v) is 10.0. The van der Waals surface area contributed by atoms with Gasteiger partial charge in [-0.05, 0) is 51.9 Å². The summed E-state index contributed by atoms with van der Waals surface area (Å²) in [7, 11) is 0. The SMILES string of the molecule is C=C1CCCC(C)NC(N=[N+]=CC2(C)CCCCCC(C)CC2O)N1. The van der Waals surface area contributed by atoms with Crippen molar-refractivity contribution in [3.8, 4) is 0 Å². The molecule has 2 rings (SSSR count). The van der Waals surface area contributed by atoms with Crippen LogP contribution in [0.3, 0.4) is 0 Å². The quantitative estimate of drug-likeness (QED) is 0.405. The standard InChI is InChI=1S/C20H37N4O/c1-15-9-6-5-7-12-20(4,18(25)13-15)14-21-24-19-22-16(2)10-8-11-17(3)23-19/h14-15,17-19,22-23,25H,2,5-13H2,1,3-4H3/q+1. The van der Waals surface area contributed by atoms with Gasteiger partial charge in [-0.1, -0.05) is 39.2 Å². The lowest BCUT2D eigenvalue weighted by atomic mass is 9.78. The Labute approximate surface area is 153 Å². The predicted octanol–water partition coefficient (Wildman–Crippen LogP) is 3.62. The van der Waals surface area contributed by atoms with Crippen LogP contribution in [0.2, 0.25) is 0 Å². The van der Waals surface area contributed by atoms with E-state index >= 15 is 0 Å². The molecule has 2 aliphatic rings. The highest BCUT2D eigenvalue weighted by molar-refractivity contribution is 5.60. The van der Waals surface area contributed by atoms with Crippen molar-refractivity contribution >= 4 is 6.21 Å². The molecule has 5 nitrogen and oxygen atoms in total. The lowest BCUT2D eigenvalue weighted by molar-refractivity contribution is -0.115. The summed E-state index contributed by atoms with van der Waals surface area (Å²) < 4.78 is 0. The average Bonchev–Trinajstić information content (AvgIpc) is 2.57. The molecule has 0 bridgehead atoms. The number of nitrogens with one attached hydrogen (secondary N) is 2. The Morgan fingerprint density at radius 3 is 2.84 bits per heavy atom. The Morgan fingerprint density at radius 1 is 1.24 bits per heavy atom. The molecule has 1 aliphatic carbocycles. The number of rotatable bonds is 2. The Bertz CT molecular complexity index is 500. The summed E-state index contributed by atoms with van der Waals surface area (Å²) in [6, 6.07) is 0.400. The molecule has 0 aromatic heterocycles. The lowest BCUT2D eigenvalue weighted by Crippen LogP contribution is -2.46. The van der Waals surface area contributed by atoms with Gasteiger partial charge in [-0.2, -0.15) is 0 Å². The summed E-state index contributed by atoms with van der Waals surface area (Å²) in [5.74, 6) is 0.566. The van der Waals surface area contributed by atoms with E-state index in [4.69, 9.17) is 0 Å². The van der Waals surface area contributed by atoms with Gasteiger partial charge >= 0.3 is 6.21 Å². The van der Waals surface area contributed by atoms with Crippen molar-refractivity contribution in [2.24, 2.45) is 16.4 Å². The van der Waals surface area contributed by atoms with E-state index in [9.17, 15) is 5.11 Å². The maximum Gasteiger partial charge on any atom is 0.315 e. The topological polar surface area (TPSA) is 70.8 Å². The molecule has 1 saturated heterocycles. The smallest absolute Gasteiger partial charge is 0.315 e. The third-order valence-electron chi connectivity index (χ3n) is 5.73. The molecule has 0 aromatic carbocycles. The molecule has 5 atom stereocenters. The molecule has 5 heteroatoms. The zero-order chi connectivity index (χ0) is 18.3. The van der Waals surface area contributed by atoms with Crippen LogP contribution in [0.25, 0.3) is 0 Å². The summed E-state index contributed by atoms with van der Waals surface area (Å²) in [5, 5.41) is 21.9. The van der Waals surface area contributed by atoms with Crippen molar-refractivity contribution < 1.29 is 9.90 Å². The first kappa shape index (κ1) is 20.2. The first-order valence-electron chi connectivity index (χ1n) is 10.0. The van der Waals surface area contributed by atoms with Crippen molar-refractivity contribution in [3.63, 3.8) is 0 Å². The van der Waals surface area contributed by atoms with Gasteiger partial charge in [0.1, 0.15) is 5.11 Å². The summed E-state index contributed by atoms with van der Waals surface area (Å²) in [6.07, 6.45) is 11.2. The van der Waals surface area contributed by atoms with Gasteiger partial charge in [0.25, 0.3) is 6.29 Å². The van der Waals surface area contributed by atoms with E-state index in [0.29, 0.717) is 12.0 Å². The van der Waals surface area contributed by atoms with Crippen LogP contribution in [-0.4, -0.2) is 34.5 Å². The first-order chi connectivity index (χ1) is 11.9. The summed E-state index contributed by atoms with van der Waals surface area (Å²) in [5.41, 5.74) is 0.706. The van der Waals surface area contributed by atoms with Gasteiger partial charge in [0.05, 0.1) is 11.5 Å². The molecule has 1 aliphatic heterocycles. The zero-order valence-corrected chi connectivity index (χ0v) is 16.3. The normalized spacial score (nSPS) is 38.0. The maximum atomic E-state index is 10.8. The molecule has 1 heterocycles. The van der Waals surface area contributed by atoms with Crippen molar-refractivity contribution in [3.05, 3.63) is 12.3 Å². The number of hydrogen-bond acceptors (Lipinski definition) is 4. The Morgan fingerprint density at radius 2 is 2.04 bits per heavy atom. The third-order valence-corrected chi connectivity index (χ3v) is 5.73. The van der Waals surface area contributed by atoms with Gasteiger partial charge in [-0.15, -0.1) is 0 Å². The Balaban J connectivity index is 2.09. The predicted molar refractivity (Wildman–Crippen MR) is 102 cm³/mol. The molecular formula is C20H37N4O+. The second-order valence-electron chi connectivity index (χ2n) is 8.43. The average molecular weight is 350 g/mol. The van der Waals surface area contributed by atoms with Crippen LogP contribution in [0.1, 0.15) is 78.6 Å². The van der Waals surface area contributed by atoms with E-state index in [1.807, 2.05) is 6.21 Å². The van der Waals surface area contributed by atoms with Crippen LogP contribution >= 0.6 is 0 Å². The number of hydrogen-bond donors (Lipinski definition) is 3. The van der Waals surface area contributed by atoms with Crippen LogP contribution in [0.4, 0.5) is 0 Å². The number of allylic oxidation sites excluding steroid dienone is 1. The van der Waals surface area contributed by atoms with E-state index < -0.39 is 0 Å².